The Kier molecular flexibility index (Phi) is 6.46. The highest BCUT2D eigenvalue weighted by atomic mass is 35.5. The molecule has 118 valence electrons. The summed E-state index contributed by atoms with van der Waals surface area (Å²) in [5.74, 6) is 5.04. The molecule has 1 amide bonds. The molecule has 0 spiro atoms. The lowest BCUT2D eigenvalue weighted by Crippen LogP contribution is -2.24. The first kappa shape index (κ1) is 16.9. The number of nitrogens with one attached hydrogen (secondary N) is 1. The number of carbonyl (C=O) groups excluding carboxylic acids is 1. The molecule has 0 bridgehead atoms. The quantitative estimate of drug-likeness (QED) is 0.675. The van der Waals surface area contributed by atoms with E-state index in [9.17, 15) is 9.18 Å². The van der Waals surface area contributed by atoms with Crippen LogP contribution in [0.25, 0.3) is 0 Å². The average molecular weight is 332 g/mol. The van der Waals surface area contributed by atoms with Gasteiger partial charge >= 0.3 is 6.09 Å². The Balaban J connectivity index is 1.70. The summed E-state index contributed by atoms with van der Waals surface area (Å²) in [4.78, 5) is 11.5. The van der Waals surface area contributed by atoms with Crippen molar-refractivity contribution in [3.05, 3.63) is 70.5 Å². The maximum Gasteiger partial charge on any atom is 0.407 e. The van der Waals surface area contributed by atoms with E-state index in [4.69, 9.17) is 16.3 Å². The van der Waals surface area contributed by atoms with Gasteiger partial charge in [-0.25, -0.2) is 9.18 Å². The highest BCUT2D eigenvalue weighted by Gasteiger charge is 2.01. The van der Waals surface area contributed by atoms with Crippen LogP contribution in [0.15, 0.2) is 48.5 Å². The smallest absolute Gasteiger partial charge is 0.407 e. The first-order valence-corrected chi connectivity index (χ1v) is 7.41. The zero-order chi connectivity index (χ0) is 16.5. The molecule has 5 heteroatoms. The van der Waals surface area contributed by atoms with Crippen molar-refractivity contribution in [2.45, 2.75) is 13.0 Å². The zero-order valence-corrected chi connectivity index (χ0v) is 13.1. The molecule has 2 aromatic rings. The predicted molar refractivity (Wildman–Crippen MR) is 87.5 cm³/mol. The second-order valence-electron chi connectivity index (χ2n) is 4.66. The summed E-state index contributed by atoms with van der Waals surface area (Å²) in [6.07, 6.45) is -0.128. The van der Waals surface area contributed by atoms with Crippen LogP contribution < -0.4 is 5.32 Å². The summed E-state index contributed by atoms with van der Waals surface area (Å²) in [5, 5.41) is 3.01. The van der Waals surface area contributed by atoms with E-state index in [2.05, 4.69) is 17.2 Å². The van der Waals surface area contributed by atoms with Crippen LogP contribution in [0.1, 0.15) is 17.5 Å². The van der Waals surface area contributed by atoms with Crippen molar-refractivity contribution in [3.8, 4) is 11.8 Å². The maximum atomic E-state index is 13.4. The van der Waals surface area contributed by atoms with Crippen LogP contribution in [0, 0.1) is 17.7 Å². The monoisotopic (exact) mass is 331 g/mol. The number of carbonyl (C=O) groups is 1. The van der Waals surface area contributed by atoms with Gasteiger partial charge in [0, 0.05) is 18.0 Å². The fourth-order valence-corrected chi connectivity index (χ4v) is 1.92. The van der Waals surface area contributed by atoms with Crippen molar-refractivity contribution in [1.29, 1.82) is 0 Å². The zero-order valence-electron chi connectivity index (χ0n) is 12.3. The SMILES string of the molecule is O=C(NCCC#Cc1cc(Cl)ccc1F)OCc1ccccc1. The molecule has 0 aliphatic carbocycles. The van der Waals surface area contributed by atoms with E-state index in [1.807, 2.05) is 30.3 Å². The fourth-order valence-electron chi connectivity index (χ4n) is 1.75. The van der Waals surface area contributed by atoms with E-state index in [-0.39, 0.29) is 12.2 Å². The van der Waals surface area contributed by atoms with Gasteiger partial charge in [0.15, 0.2) is 0 Å². The first-order chi connectivity index (χ1) is 11.1. The molecular formula is C18H15ClFNO2. The van der Waals surface area contributed by atoms with Crippen molar-refractivity contribution < 1.29 is 13.9 Å². The summed E-state index contributed by atoms with van der Waals surface area (Å²) < 4.78 is 18.5. The second kappa shape index (κ2) is 8.82. The molecule has 0 unspecified atom stereocenters. The van der Waals surface area contributed by atoms with E-state index >= 15 is 0 Å². The highest BCUT2D eigenvalue weighted by Crippen LogP contribution is 2.13. The Bertz CT molecular complexity index is 723. The molecular weight excluding hydrogens is 317 g/mol. The van der Waals surface area contributed by atoms with Crippen LogP contribution >= 0.6 is 11.6 Å². The molecule has 0 saturated carbocycles. The molecule has 0 aromatic heterocycles. The lowest BCUT2D eigenvalue weighted by Gasteiger charge is -2.05. The van der Waals surface area contributed by atoms with Gasteiger partial charge in [-0.3, -0.25) is 0 Å². The van der Waals surface area contributed by atoms with E-state index in [0.29, 0.717) is 18.0 Å². The Morgan fingerprint density at radius 2 is 2.00 bits per heavy atom. The van der Waals surface area contributed by atoms with Gasteiger partial charge in [-0.05, 0) is 23.8 Å². The van der Waals surface area contributed by atoms with Crippen molar-refractivity contribution in [1.82, 2.24) is 5.32 Å². The molecule has 0 fully saturated rings. The second-order valence-corrected chi connectivity index (χ2v) is 5.10. The minimum atomic E-state index is -0.510. The predicted octanol–water partition coefficient (Wildman–Crippen LogP) is 4.15. The Morgan fingerprint density at radius 3 is 2.78 bits per heavy atom. The molecule has 1 N–H and O–H groups in total. The molecule has 3 nitrogen and oxygen atoms in total. The Morgan fingerprint density at radius 1 is 1.22 bits per heavy atom. The van der Waals surface area contributed by atoms with Crippen molar-refractivity contribution in [2.75, 3.05) is 6.54 Å². The van der Waals surface area contributed by atoms with Crippen molar-refractivity contribution in [2.24, 2.45) is 0 Å². The van der Waals surface area contributed by atoms with Gasteiger partial charge in [0.2, 0.25) is 0 Å². The third-order valence-corrected chi connectivity index (χ3v) is 3.12. The summed E-state index contributed by atoms with van der Waals surface area (Å²) in [6, 6.07) is 13.6. The van der Waals surface area contributed by atoms with Gasteiger partial charge in [0.25, 0.3) is 0 Å². The molecule has 23 heavy (non-hydrogen) atoms. The molecule has 2 aromatic carbocycles. The van der Waals surface area contributed by atoms with Gasteiger partial charge in [-0.15, -0.1) is 0 Å². The van der Waals surface area contributed by atoms with E-state index in [1.165, 1.54) is 18.2 Å². The van der Waals surface area contributed by atoms with Gasteiger partial charge in [0.05, 0.1) is 5.56 Å². The van der Waals surface area contributed by atoms with Gasteiger partial charge in [0.1, 0.15) is 12.4 Å². The summed E-state index contributed by atoms with van der Waals surface area (Å²) in [5.41, 5.74) is 1.16. The lowest BCUT2D eigenvalue weighted by molar-refractivity contribution is 0.140. The normalized spacial score (nSPS) is 9.65. The van der Waals surface area contributed by atoms with Gasteiger partial charge in [-0.2, -0.15) is 0 Å². The molecule has 2 rings (SSSR count). The van der Waals surface area contributed by atoms with Crippen molar-refractivity contribution in [3.63, 3.8) is 0 Å². The van der Waals surface area contributed by atoms with Crippen LogP contribution in [-0.2, 0) is 11.3 Å². The van der Waals surface area contributed by atoms with Gasteiger partial charge in [-0.1, -0.05) is 53.8 Å². The van der Waals surface area contributed by atoms with Crippen LogP contribution in [0.2, 0.25) is 5.02 Å². The third kappa shape index (κ3) is 6.01. The Labute approximate surface area is 139 Å². The van der Waals surface area contributed by atoms with E-state index in [0.717, 1.165) is 5.56 Å². The fraction of sp³-hybridized carbons (Fsp3) is 0.167. The van der Waals surface area contributed by atoms with E-state index < -0.39 is 11.9 Å². The number of rotatable bonds is 4. The molecule has 0 heterocycles. The van der Waals surface area contributed by atoms with Crippen LogP contribution in [0.4, 0.5) is 9.18 Å². The summed E-state index contributed by atoms with van der Waals surface area (Å²) in [6.45, 7) is 0.537. The largest absolute Gasteiger partial charge is 0.445 e. The Hall–Kier alpha value is -2.51. The minimum Gasteiger partial charge on any atom is -0.445 e. The topological polar surface area (TPSA) is 38.3 Å². The molecule has 0 atom stereocenters. The molecule has 0 aliphatic heterocycles. The number of alkyl carbamates (subject to hydrolysis) is 1. The number of hydrogen-bond donors (Lipinski definition) is 1. The third-order valence-electron chi connectivity index (χ3n) is 2.88. The standard InChI is InChI=1S/C18H15ClFNO2/c19-16-9-10-17(20)15(12-16)8-4-5-11-21-18(22)23-13-14-6-2-1-3-7-14/h1-3,6-7,9-10,12H,5,11,13H2,(H,21,22). The maximum absolute atomic E-state index is 13.4. The minimum absolute atomic E-state index is 0.214. The van der Waals surface area contributed by atoms with Crippen LogP contribution in [-0.4, -0.2) is 12.6 Å². The lowest BCUT2D eigenvalue weighted by atomic mass is 10.2. The number of hydrogen-bond acceptors (Lipinski definition) is 2. The van der Waals surface area contributed by atoms with Crippen LogP contribution in [0.5, 0.6) is 0 Å². The number of amides is 1. The summed E-state index contributed by atoms with van der Waals surface area (Å²) >= 11 is 5.78. The molecule has 0 aliphatic rings. The highest BCUT2D eigenvalue weighted by molar-refractivity contribution is 6.30. The number of halogens is 2. The number of ether oxygens (including phenoxy) is 1. The molecule has 0 saturated heterocycles. The average Bonchev–Trinajstić information content (AvgIpc) is 2.56. The van der Waals surface area contributed by atoms with Crippen molar-refractivity contribution >= 4 is 17.7 Å². The van der Waals surface area contributed by atoms with Gasteiger partial charge < -0.3 is 10.1 Å². The summed E-state index contributed by atoms with van der Waals surface area (Å²) in [7, 11) is 0. The molecule has 0 radical (unpaired) electrons. The number of benzene rings is 2. The van der Waals surface area contributed by atoms with Crippen LogP contribution in [0.3, 0.4) is 0 Å². The van der Waals surface area contributed by atoms with E-state index in [1.54, 1.807) is 0 Å². The first-order valence-electron chi connectivity index (χ1n) is 7.03.